The molecule has 115 valence electrons. The van der Waals surface area contributed by atoms with Crippen LogP contribution in [0, 0.1) is 5.41 Å². The first kappa shape index (κ1) is 19.0. The van der Waals surface area contributed by atoms with Gasteiger partial charge in [-0.15, -0.1) is 0 Å². The maximum atomic E-state index is 6.64. The predicted molar refractivity (Wildman–Crippen MR) is 91.1 cm³/mol. The first-order chi connectivity index (χ1) is 8.75. The first-order valence-electron chi connectivity index (χ1n) is 7.13. The van der Waals surface area contributed by atoms with Crippen LogP contribution in [-0.2, 0) is 15.0 Å². The first-order valence-corrected chi connectivity index (χ1v) is 16.3. The zero-order valence-corrected chi connectivity index (χ0v) is 18.3. The van der Waals surface area contributed by atoms with Crippen LogP contribution in [0.25, 0.3) is 0 Å². The van der Waals surface area contributed by atoms with Crippen molar-refractivity contribution in [2.45, 2.75) is 67.5 Å². The summed E-state index contributed by atoms with van der Waals surface area (Å²) in [6.07, 6.45) is -2.03. The zero-order chi connectivity index (χ0) is 16.1. The third kappa shape index (κ3) is 3.31. The Hall–Kier alpha value is 0.951. The molecule has 0 bridgehead atoms. The third-order valence-electron chi connectivity index (χ3n) is 4.57. The molecular weight excluding hydrogens is 341 g/mol. The zero-order valence-electron chi connectivity index (χ0n) is 14.3. The van der Waals surface area contributed by atoms with Crippen molar-refractivity contribution in [3.63, 3.8) is 0 Å². The normalized spacial score (nSPS) is 22.4. The summed E-state index contributed by atoms with van der Waals surface area (Å²) in [6.45, 7) is 20.3. The minimum absolute atomic E-state index is 0.0385. The Labute approximate surface area is 139 Å². The van der Waals surface area contributed by atoms with Crippen molar-refractivity contribution in [1.82, 2.24) is 4.98 Å². The van der Waals surface area contributed by atoms with Crippen molar-refractivity contribution >= 4 is 24.7 Å². The molecule has 0 saturated heterocycles. The molecule has 1 atom stereocenters. The third-order valence-corrected chi connectivity index (χ3v) is 23.2. The molecule has 1 nitrogen and oxygen atoms in total. The molecule has 20 heavy (non-hydrogen) atoms. The van der Waals surface area contributed by atoms with Gasteiger partial charge < -0.3 is 0 Å². The van der Waals surface area contributed by atoms with Crippen molar-refractivity contribution in [2.75, 3.05) is 0 Å². The molecule has 0 saturated carbocycles. The molecule has 1 unspecified atom stereocenters. The summed E-state index contributed by atoms with van der Waals surface area (Å²) in [5, 5.41) is 1.52. The van der Waals surface area contributed by atoms with Crippen LogP contribution in [0.2, 0.25) is 6.55 Å². The van der Waals surface area contributed by atoms with Gasteiger partial charge in [0.15, 0.2) is 0 Å². The summed E-state index contributed by atoms with van der Waals surface area (Å²) < 4.78 is 0. The van der Waals surface area contributed by atoms with Gasteiger partial charge in [-0.25, -0.2) is 0 Å². The van der Waals surface area contributed by atoms with Gasteiger partial charge in [-0.2, -0.15) is 0 Å². The van der Waals surface area contributed by atoms with Gasteiger partial charge >= 0.3 is 140 Å². The minimum atomic E-state index is -2.13. The summed E-state index contributed by atoms with van der Waals surface area (Å²) in [5.74, 6) is 0. The van der Waals surface area contributed by atoms with Crippen LogP contribution in [0.1, 0.15) is 55.4 Å². The number of hydrogen-bond donors (Lipinski definition) is 1. The Bertz CT molecular complexity index is 475. The average molecular weight is 369 g/mol. The topological polar surface area (TPSA) is 12.0 Å². The Kier molecular flexibility index (Phi) is 5.57. The molecule has 0 radical (unpaired) electrons. The van der Waals surface area contributed by atoms with Gasteiger partial charge in [0, 0.05) is 0 Å². The quantitative estimate of drug-likeness (QED) is 0.638. The van der Waals surface area contributed by atoms with E-state index >= 15 is 0 Å². The van der Waals surface area contributed by atoms with Crippen molar-refractivity contribution in [1.29, 1.82) is 0 Å². The van der Waals surface area contributed by atoms with Gasteiger partial charge in [0.2, 0.25) is 0 Å². The number of allylic oxidation sites excluding steroid dienone is 4. The van der Waals surface area contributed by atoms with E-state index < -0.39 is 21.1 Å². The fourth-order valence-corrected chi connectivity index (χ4v) is 16.8. The van der Waals surface area contributed by atoms with Crippen LogP contribution in [0.3, 0.4) is 0 Å². The van der Waals surface area contributed by atoms with E-state index in [1.165, 1.54) is 21.9 Å². The second kappa shape index (κ2) is 5.87. The summed E-state index contributed by atoms with van der Waals surface area (Å²) in [4.78, 5) is 3.87. The van der Waals surface area contributed by atoms with Crippen LogP contribution in [0.15, 0.2) is 21.9 Å². The monoisotopic (exact) mass is 368 g/mol. The van der Waals surface area contributed by atoms with Gasteiger partial charge in [0.1, 0.15) is 0 Å². The molecule has 0 aromatic rings. The van der Waals surface area contributed by atoms with Crippen LogP contribution in [0.5, 0.6) is 0 Å². The van der Waals surface area contributed by atoms with Gasteiger partial charge in [0.05, 0.1) is 0 Å². The van der Waals surface area contributed by atoms with Gasteiger partial charge in [-0.1, -0.05) is 0 Å². The van der Waals surface area contributed by atoms with Crippen LogP contribution < -0.4 is 4.98 Å². The Morgan fingerprint density at radius 3 is 1.75 bits per heavy atom. The molecule has 0 aromatic heterocycles. The van der Waals surface area contributed by atoms with E-state index in [1.54, 1.807) is 0 Å². The van der Waals surface area contributed by atoms with E-state index in [0.717, 1.165) is 0 Å². The average Bonchev–Trinajstić information content (AvgIpc) is 2.37. The molecule has 0 aromatic carbocycles. The Morgan fingerprint density at radius 2 is 1.50 bits per heavy atom. The molecule has 1 N–H and O–H groups in total. The molecule has 1 aliphatic rings. The standard InChI is InChI=1S/C15H28NSi.2ClH.Ti/c1-10-11(2)13(15(7,8)12(10)3)17(9)16-14(4,5)6;;;/h16H,1-9H3;2*1H;/q;;;+2/p-2. The molecular formula is C15H28Cl2NSiTi. The Balaban J connectivity index is 3.46. The van der Waals surface area contributed by atoms with Crippen LogP contribution >= 0.6 is 18.6 Å². The number of rotatable bonds is 3. The van der Waals surface area contributed by atoms with Crippen molar-refractivity contribution < 1.29 is 15.0 Å². The second-order valence-corrected chi connectivity index (χ2v) is 24.7. The van der Waals surface area contributed by atoms with Gasteiger partial charge in [0.25, 0.3) is 0 Å². The molecule has 0 heterocycles. The predicted octanol–water partition coefficient (Wildman–Crippen LogP) is 5.60. The fourth-order valence-electron chi connectivity index (χ4n) is 3.55. The van der Waals surface area contributed by atoms with Crippen molar-refractivity contribution in [3.05, 3.63) is 21.9 Å². The summed E-state index contributed by atoms with van der Waals surface area (Å²) in [5.41, 5.74) is 4.43. The SMILES string of the molecule is CC1=C(C)C(C)(C)C([Si](C)(NC(C)(C)C)[Ti]([Cl])[Cl])=C1C. The molecule has 0 amide bonds. The fraction of sp³-hybridized carbons (Fsp3) is 0.733. The number of hydrogen-bond acceptors (Lipinski definition) is 1. The molecule has 0 aliphatic heterocycles. The van der Waals surface area contributed by atoms with Crippen LogP contribution in [-0.4, -0.2) is 11.6 Å². The van der Waals surface area contributed by atoms with E-state index in [4.69, 9.17) is 18.6 Å². The molecule has 0 spiro atoms. The molecule has 1 aliphatic carbocycles. The molecule has 1 rings (SSSR count). The number of nitrogens with one attached hydrogen (secondary N) is 1. The van der Waals surface area contributed by atoms with Gasteiger partial charge in [-0.3, -0.25) is 0 Å². The summed E-state index contributed by atoms with van der Waals surface area (Å²) >= 11 is -2.13. The van der Waals surface area contributed by atoms with E-state index in [1.807, 2.05) is 0 Å². The van der Waals surface area contributed by atoms with E-state index in [0.29, 0.717) is 0 Å². The maximum absolute atomic E-state index is 6.64. The molecule has 5 heteroatoms. The van der Waals surface area contributed by atoms with Crippen LogP contribution in [0.4, 0.5) is 0 Å². The summed E-state index contributed by atoms with van der Waals surface area (Å²) in [7, 11) is 13.3. The van der Waals surface area contributed by atoms with Crippen molar-refractivity contribution in [2.24, 2.45) is 5.41 Å². The van der Waals surface area contributed by atoms with Gasteiger partial charge in [-0.05, 0) is 0 Å². The summed E-state index contributed by atoms with van der Waals surface area (Å²) in [6, 6.07) is 0. The van der Waals surface area contributed by atoms with E-state index in [-0.39, 0.29) is 11.0 Å². The van der Waals surface area contributed by atoms with E-state index in [2.05, 4.69) is 66.9 Å². The van der Waals surface area contributed by atoms with Crippen molar-refractivity contribution in [3.8, 4) is 0 Å². The number of halogens is 2. The van der Waals surface area contributed by atoms with E-state index in [9.17, 15) is 0 Å². The Morgan fingerprint density at radius 1 is 1.05 bits per heavy atom. The second-order valence-electron chi connectivity index (χ2n) is 7.64. The molecule has 0 fully saturated rings.